The van der Waals surface area contributed by atoms with Crippen LogP contribution >= 0.6 is 0 Å². The van der Waals surface area contributed by atoms with Gasteiger partial charge in [0, 0.05) is 12.1 Å². The molecule has 0 aromatic heterocycles. The van der Waals surface area contributed by atoms with Crippen molar-refractivity contribution >= 4 is 5.91 Å². The lowest BCUT2D eigenvalue weighted by Crippen LogP contribution is -2.45. The summed E-state index contributed by atoms with van der Waals surface area (Å²) in [5.41, 5.74) is 6.71. The number of hydrogen-bond donors (Lipinski definition) is 1. The van der Waals surface area contributed by atoms with E-state index in [4.69, 9.17) is 5.73 Å². The molecule has 1 amide bonds. The van der Waals surface area contributed by atoms with Crippen molar-refractivity contribution < 1.29 is 9.44 Å². The Hall–Kier alpha value is -1.23. The number of carbonyl (C=O) groups excluding carboxylic acids is 1. The number of carbonyl (C=O) groups is 1. The minimum Gasteiger partial charge on any atom is -0.625 e. The Labute approximate surface area is 82.1 Å². The number of fused-ring (bicyclic) bond motifs is 1. The number of quaternary nitrogens is 1. The lowest BCUT2D eigenvalue weighted by molar-refractivity contribution is -0.805. The minimum absolute atomic E-state index is 0.160. The van der Waals surface area contributed by atoms with Gasteiger partial charge in [-0.1, -0.05) is 18.2 Å². The minimum atomic E-state index is -0.824. The van der Waals surface area contributed by atoms with E-state index < -0.39 is 4.65 Å². The zero-order valence-corrected chi connectivity index (χ0v) is 7.77. The van der Waals surface area contributed by atoms with E-state index in [-0.39, 0.29) is 25.5 Å². The molecule has 0 fully saturated rings. The summed E-state index contributed by atoms with van der Waals surface area (Å²) in [6, 6.07) is 7.13. The fraction of sp³-hybridized carbons (Fsp3) is 0.300. The zero-order chi connectivity index (χ0) is 10.2. The molecule has 4 heteroatoms. The van der Waals surface area contributed by atoms with Gasteiger partial charge in [-0.15, -0.1) is 0 Å². The van der Waals surface area contributed by atoms with Crippen LogP contribution in [0.15, 0.2) is 24.3 Å². The fourth-order valence-corrected chi connectivity index (χ4v) is 1.82. The zero-order valence-electron chi connectivity index (χ0n) is 7.77. The third kappa shape index (κ3) is 1.24. The number of nitrogens with zero attached hydrogens (tertiary/aromatic N) is 1. The quantitative estimate of drug-likeness (QED) is 0.551. The average molecular weight is 192 g/mol. The van der Waals surface area contributed by atoms with Crippen LogP contribution in [0, 0.1) is 5.21 Å². The van der Waals surface area contributed by atoms with E-state index in [1.54, 1.807) is 12.1 Å². The second-order valence-electron chi connectivity index (χ2n) is 3.52. The Morgan fingerprint density at radius 1 is 1.43 bits per heavy atom. The molecule has 1 atom stereocenters. The highest BCUT2D eigenvalue weighted by molar-refractivity contribution is 5.92. The number of rotatable bonds is 2. The lowest BCUT2D eigenvalue weighted by atomic mass is 10.1. The van der Waals surface area contributed by atoms with Crippen molar-refractivity contribution in [1.82, 2.24) is 0 Å². The highest BCUT2D eigenvalue weighted by Crippen LogP contribution is 2.28. The van der Waals surface area contributed by atoms with Crippen LogP contribution in [0.3, 0.4) is 0 Å². The molecular formula is C10H12N2O2. The molecule has 0 aliphatic carbocycles. The Balaban J connectivity index is 2.38. The van der Waals surface area contributed by atoms with Gasteiger partial charge in [-0.25, -0.2) is 4.79 Å². The van der Waals surface area contributed by atoms with Crippen molar-refractivity contribution in [1.29, 1.82) is 0 Å². The first kappa shape index (κ1) is 9.33. The molecule has 1 aromatic carbocycles. The smallest absolute Gasteiger partial charge is 0.346 e. The van der Waals surface area contributed by atoms with E-state index in [0.717, 1.165) is 5.56 Å². The molecule has 0 bridgehead atoms. The summed E-state index contributed by atoms with van der Waals surface area (Å²) in [5, 5.41) is 12.0. The molecule has 1 aliphatic heterocycles. The monoisotopic (exact) mass is 192 g/mol. The van der Waals surface area contributed by atoms with E-state index in [0.29, 0.717) is 5.56 Å². The molecule has 1 aromatic rings. The molecule has 0 saturated carbocycles. The molecule has 0 spiro atoms. The van der Waals surface area contributed by atoms with E-state index in [9.17, 15) is 10.0 Å². The number of nitrogens with two attached hydrogens (primary N) is 1. The highest BCUT2D eigenvalue weighted by Gasteiger charge is 2.37. The first-order chi connectivity index (χ1) is 6.67. The number of amides is 1. The molecular weight excluding hydrogens is 180 g/mol. The predicted molar refractivity (Wildman–Crippen MR) is 52.0 cm³/mol. The second-order valence-corrected chi connectivity index (χ2v) is 3.52. The van der Waals surface area contributed by atoms with Crippen LogP contribution in [0.5, 0.6) is 0 Å². The summed E-state index contributed by atoms with van der Waals surface area (Å²) < 4.78 is -0.824. The molecule has 1 heterocycles. The maximum Gasteiger partial charge on any atom is 0.346 e. The number of hydroxylamine groups is 3. The van der Waals surface area contributed by atoms with Gasteiger partial charge >= 0.3 is 5.91 Å². The summed E-state index contributed by atoms with van der Waals surface area (Å²) >= 11 is 0. The van der Waals surface area contributed by atoms with Crippen LogP contribution in [0.4, 0.5) is 0 Å². The molecule has 1 aliphatic rings. The third-order valence-electron chi connectivity index (χ3n) is 2.53. The average Bonchev–Trinajstić information content (AvgIpc) is 2.41. The standard InChI is InChI=1S/C10H12N2O2/c11-5-6-12(14)7-8-3-1-2-4-9(8)10(12)13/h1-4H,5-7,11H2. The maximum absolute atomic E-state index is 12.0. The normalized spacial score (nSPS) is 25.1. The van der Waals surface area contributed by atoms with Crippen molar-refractivity contribution in [2.24, 2.45) is 5.73 Å². The third-order valence-corrected chi connectivity index (χ3v) is 2.53. The maximum atomic E-state index is 12.0. The largest absolute Gasteiger partial charge is 0.625 e. The summed E-state index contributed by atoms with van der Waals surface area (Å²) in [6.07, 6.45) is 0. The van der Waals surface area contributed by atoms with Crippen LogP contribution in [0.25, 0.3) is 0 Å². The van der Waals surface area contributed by atoms with Crippen molar-refractivity contribution in [3.63, 3.8) is 0 Å². The van der Waals surface area contributed by atoms with Crippen molar-refractivity contribution in [3.05, 3.63) is 40.6 Å². The topological polar surface area (TPSA) is 66.2 Å². The highest BCUT2D eigenvalue weighted by atomic mass is 16.6. The van der Waals surface area contributed by atoms with Crippen LogP contribution in [0.1, 0.15) is 15.9 Å². The van der Waals surface area contributed by atoms with Gasteiger partial charge in [0.15, 0.2) is 0 Å². The predicted octanol–water partition coefficient (Wildman–Crippen LogP) is 0.614. The summed E-state index contributed by atoms with van der Waals surface area (Å²) in [4.78, 5) is 11.7. The van der Waals surface area contributed by atoms with Crippen LogP contribution in [-0.2, 0) is 6.54 Å². The number of benzene rings is 1. The summed E-state index contributed by atoms with van der Waals surface area (Å²) in [5.74, 6) is -0.356. The lowest BCUT2D eigenvalue weighted by Gasteiger charge is -2.34. The van der Waals surface area contributed by atoms with Gasteiger partial charge in [-0.05, 0) is 6.07 Å². The van der Waals surface area contributed by atoms with E-state index in [1.165, 1.54) is 0 Å². The summed E-state index contributed by atoms with van der Waals surface area (Å²) in [7, 11) is 0. The summed E-state index contributed by atoms with van der Waals surface area (Å²) in [6.45, 7) is 0.628. The molecule has 0 radical (unpaired) electrons. The first-order valence-corrected chi connectivity index (χ1v) is 4.58. The van der Waals surface area contributed by atoms with Crippen LogP contribution in [0.2, 0.25) is 0 Å². The van der Waals surface area contributed by atoms with Gasteiger partial charge in [0.2, 0.25) is 0 Å². The molecule has 2 rings (SSSR count). The van der Waals surface area contributed by atoms with Gasteiger partial charge in [-0.3, -0.25) is 4.65 Å². The Morgan fingerprint density at radius 2 is 2.14 bits per heavy atom. The van der Waals surface area contributed by atoms with Crippen molar-refractivity contribution in [3.8, 4) is 0 Å². The van der Waals surface area contributed by atoms with Crippen molar-refractivity contribution in [2.75, 3.05) is 13.1 Å². The molecule has 74 valence electrons. The fourth-order valence-electron chi connectivity index (χ4n) is 1.82. The van der Waals surface area contributed by atoms with E-state index in [2.05, 4.69) is 0 Å². The molecule has 0 saturated heterocycles. The number of hydrogen-bond acceptors (Lipinski definition) is 3. The molecule has 4 nitrogen and oxygen atoms in total. The second kappa shape index (κ2) is 3.16. The van der Waals surface area contributed by atoms with Crippen LogP contribution in [-0.4, -0.2) is 23.6 Å². The Kier molecular flexibility index (Phi) is 2.11. The molecule has 14 heavy (non-hydrogen) atoms. The van der Waals surface area contributed by atoms with Gasteiger partial charge in [-0.2, -0.15) is 0 Å². The molecule has 2 N–H and O–H groups in total. The van der Waals surface area contributed by atoms with Gasteiger partial charge in [0.05, 0.1) is 12.1 Å². The van der Waals surface area contributed by atoms with E-state index in [1.807, 2.05) is 12.1 Å². The Bertz CT molecular complexity index is 378. The van der Waals surface area contributed by atoms with E-state index >= 15 is 0 Å². The Morgan fingerprint density at radius 3 is 2.79 bits per heavy atom. The molecule has 1 unspecified atom stereocenters. The van der Waals surface area contributed by atoms with Gasteiger partial charge in [0.25, 0.3) is 0 Å². The van der Waals surface area contributed by atoms with Crippen molar-refractivity contribution in [2.45, 2.75) is 6.54 Å². The SMILES string of the molecule is NCC[N+]1([O-])Cc2ccccc2C1=O. The van der Waals surface area contributed by atoms with Gasteiger partial charge < -0.3 is 10.9 Å². The van der Waals surface area contributed by atoms with Crippen LogP contribution < -0.4 is 5.73 Å². The first-order valence-electron chi connectivity index (χ1n) is 4.58. The van der Waals surface area contributed by atoms with Gasteiger partial charge in [0.1, 0.15) is 6.54 Å².